The average Bonchev–Trinajstić information content (AvgIpc) is 3.00. The van der Waals surface area contributed by atoms with E-state index in [1.54, 1.807) is 7.11 Å². The molecule has 2 aromatic rings. The zero-order valence-electron chi connectivity index (χ0n) is 14.9. The first-order valence-electron chi connectivity index (χ1n) is 8.59. The number of piperidine rings is 1. The van der Waals surface area contributed by atoms with E-state index < -0.39 is 0 Å². The first-order chi connectivity index (χ1) is 12.1. The number of hydrogen-bond donors (Lipinski definition) is 0. The third kappa shape index (κ3) is 3.81. The second kappa shape index (κ2) is 7.91. The first-order valence-corrected chi connectivity index (χ1v) is 9.58. The molecule has 7 heteroatoms. The fourth-order valence-electron chi connectivity index (χ4n) is 3.21. The van der Waals surface area contributed by atoms with Gasteiger partial charge in [-0.15, -0.1) is 10.2 Å². The summed E-state index contributed by atoms with van der Waals surface area (Å²) in [6.45, 7) is 4.89. The molecule has 3 rings (SSSR count). The molecule has 1 aliphatic rings. The van der Waals surface area contributed by atoms with Crippen LogP contribution in [0.2, 0.25) is 0 Å². The van der Waals surface area contributed by atoms with Crippen molar-refractivity contribution in [2.45, 2.75) is 44.3 Å². The topological polar surface area (TPSA) is 60.2 Å². The van der Waals surface area contributed by atoms with E-state index in [2.05, 4.69) is 17.1 Å². The summed E-state index contributed by atoms with van der Waals surface area (Å²) in [5.74, 6) is 2.07. The molecule has 0 unspecified atom stereocenters. The van der Waals surface area contributed by atoms with Crippen LogP contribution in [0.5, 0.6) is 5.75 Å². The molecule has 1 aliphatic heterocycles. The van der Waals surface area contributed by atoms with E-state index in [-0.39, 0.29) is 5.91 Å². The Morgan fingerprint density at radius 3 is 2.88 bits per heavy atom. The normalized spacial score (nSPS) is 17.6. The maximum atomic E-state index is 12.6. The Hall–Kier alpha value is -2.02. The molecule has 1 aromatic carbocycles. The van der Waals surface area contributed by atoms with Gasteiger partial charge in [-0.25, -0.2) is 0 Å². The van der Waals surface area contributed by atoms with Gasteiger partial charge >= 0.3 is 0 Å². The van der Waals surface area contributed by atoms with Crippen molar-refractivity contribution in [3.8, 4) is 11.4 Å². The highest BCUT2D eigenvalue weighted by atomic mass is 32.2. The summed E-state index contributed by atoms with van der Waals surface area (Å²) in [7, 11) is 1.65. The van der Waals surface area contributed by atoms with Gasteiger partial charge in [0, 0.05) is 12.6 Å². The van der Waals surface area contributed by atoms with Crippen LogP contribution in [-0.2, 0) is 4.79 Å². The van der Waals surface area contributed by atoms with Gasteiger partial charge in [0.15, 0.2) is 5.16 Å². The van der Waals surface area contributed by atoms with Gasteiger partial charge in [-0.2, -0.15) is 0 Å². The Balaban J connectivity index is 1.77. The van der Waals surface area contributed by atoms with E-state index in [9.17, 15) is 4.79 Å². The summed E-state index contributed by atoms with van der Waals surface area (Å²) in [6, 6.07) is 8.08. The molecule has 1 atom stereocenters. The number of aromatic nitrogens is 3. The van der Waals surface area contributed by atoms with Crippen LogP contribution in [0.25, 0.3) is 5.69 Å². The quantitative estimate of drug-likeness (QED) is 0.767. The number of hydrogen-bond acceptors (Lipinski definition) is 5. The highest BCUT2D eigenvalue weighted by molar-refractivity contribution is 7.99. The second-order valence-corrected chi connectivity index (χ2v) is 7.20. The summed E-state index contributed by atoms with van der Waals surface area (Å²) in [4.78, 5) is 14.6. The predicted molar refractivity (Wildman–Crippen MR) is 98.4 cm³/mol. The summed E-state index contributed by atoms with van der Waals surface area (Å²) >= 11 is 1.43. The number of likely N-dealkylation sites (tertiary alicyclic amines) is 1. The largest absolute Gasteiger partial charge is 0.495 e. The second-order valence-electron chi connectivity index (χ2n) is 6.26. The van der Waals surface area contributed by atoms with Gasteiger partial charge in [0.1, 0.15) is 11.6 Å². The third-order valence-electron chi connectivity index (χ3n) is 4.57. The van der Waals surface area contributed by atoms with Crippen LogP contribution in [0, 0.1) is 6.92 Å². The summed E-state index contributed by atoms with van der Waals surface area (Å²) < 4.78 is 7.39. The van der Waals surface area contributed by atoms with E-state index in [1.165, 1.54) is 18.2 Å². The molecule has 25 heavy (non-hydrogen) atoms. The van der Waals surface area contributed by atoms with Crippen LogP contribution in [0.3, 0.4) is 0 Å². The molecule has 0 radical (unpaired) electrons. The minimum atomic E-state index is 0.171. The standard InChI is InChI=1S/C18H24N4O2S/c1-13-8-6-7-11-21(13)17(23)12-25-18-20-19-14(2)22(18)15-9-4-5-10-16(15)24-3/h4-5,9-10,13H,6-8,11-12H2,1-3H3/t13-/m0/s1. The highest BCUT2D eigenvalue weighted by Crippen LogP contribution is 2.28. The summed E-state index contributed by atoms with van der Waals surface area (Å²) in [5, 5.41) is 9.15. The van der Waals surface area contributed by atoms with Gasteiger partial charge in [0.05, 0.1) is 18.6 Å². The molecule has 6 nitrogen and oxygen atoms in total. The van der Waals surface area contributed by atoms with Crippen molar-refractivity contribution in [1.82, 2.24) is 19.7 Å². The van der Waals surface area contributed by atoms with Crippen LogP contribution in [0.1, 0.15) is 32.0 Å². The maximum Gasteiger partial charge on any atom is 0.233 e. The van der Waals surface area contributed by atoms with Crippen molar-refractivity contribution in [2.24, 2.45) is 0 Å². The van der Waals surface area contributed by atoms with E-state index in [0.29, 0.717) is 17.0 Å². The predicted octanol–water partition coefficient (Wildman–Crippen LogP) is 3.08. The summed E-state index contributed by atoms with van der Waals surface area (Å²) in [6.07, 6.45) is 3.39. The summed E-state index contributed by atoms with van der Waals surface area (Å²) in [5.41, 5.74) is 0.883. The molecule has 134 valence electrons. The molecule has 2 heterocycles. The number of nitrogens with zero attached hydrogens (tertiary/aromatic N) is 4. The number of benzene rings is 1. The minimum Gasteiger partial charge on any atom is -0.495 e. The lowest BCUT2D eigenvalue weighted by Gasteiger charge is -2.33. The Morgan fingerprint density at radius 2 is 2.12 bits per heavy atom. The van der Waals surface area contributed by atoms with Crippen molar-refractivity contribution in [3.05, 3.63) is 30.1 Å². The van der Waals surface area contributed by atoms with Gasteiger partial charge in [-0.1, -0.05) is 23.9 Å². The molecule has 1 amide bonds. The van der Waals surface area contributed by atoms with Crippen LogP contribution in [0.4, 0.5) is 0 Å². The molecule has 0 spiro atoms. The van der Waals surface area contributed by atoms with Crippen molar-refractivity contribution in [3.63, 3.8) is 0 Å². The Morgan fingerprint density at radius 1 is 1.32 bits per heavy atom. The third-order valence-corrected chi connectivity index (χ3v) is 5.48. The lowest BCUT2D eigenvalue weighted by molar-refractivity contribution is -0.131. The van der Waals surface area contributed by atoms with Crippen molar-refractivity contribution >= 4 is 17.7 Å². The van der Waals surface area contributed by atoms with Gasteiger partial charge in [-0.05, 0) is 45.2 Å². The molecule has 0 aliphatic carbocycles. The Kier molecular flexibility index (Phi) is 5.63. The molecule has 1 fully saturated rings. The molecule has 1 aromatic heterocycles. The number of amides is 1. The van der Waals surface area contributed by atoms with E-state index in [1.807, 2.05) is 40.7 Å². The van der Waals surface area contributed by atoms with Crippen molar-refractivity contribution in [1.29, 1.82) is 0 Å². The van der Waals surface area contributed by atoms with Crippen molar-refractivity contribution < 1.29 is 9.53 Å². The Labute approximate surface area is 152 Å². The molecular weight excluding hydrogens is 336 g/mol. The number of rotatable bonds is 5. The molecule has 0 N–H and O–H groups in total. The average molecular weight is 360 g/mol. The lowest BCUT2D eigenvalue weighted by atomic mass is 10.0. The van der Waals surface area contributed by atoms with Crippen LogP contribution >= 0.6 is 11.8 Å². The highest BCUT2D eigenvalue weighted by Gasteiger charge is 2.24. The minimum absolute atomic E-state index is 0.171. The van der Waals surface area contributed by atoms with E-state index in [4.69, 9.17) is 4.74 Å². The van der Waals surface area contributed by atoms with Gasteiger partial charge < -0.3 is 9.64 Å². The zero-order chi connectivity index (χ0) is 17.8. The fourth-order valence-corrected chi connectivity index (χ4v) is 4.08. The molecule has 0 saturated carbocycles. The number of aryl methyl sites for hydroxylation is 1. The van der Waals surface area contributed by atoms with Gasteiger partial charge in [0.25, 0.3) is 0 Å². The van der Waals surface area contributed by atoms with E-state index in [0.717, 1.165) is 36.6 Å². The number of carbonyl (C=O) groups excluding carboxylic acids is 1. The smallest absolute Gasteiger partial charge is 0.233 e. The Bertz CT molecular complexity index is 746. The van der Waals surface area contributed by atoms with Crippen LogP contribution in [-0.4, -0.2) is 51.0 Å². The zero-order valence-corrected chi connectivity index (χ0v) is 15.8. The number of para-hydroxylation sites is 2. The van der Waals surface area contributed by atoms with Crippen LogP contribution in [0.15, 0.2) is 29.4 Å². The lowest BCUT2D eigenvalue weighted by Crippen LogP contribution is -2.42. The van der Waals surface area contributed by atoms with Crippen molar-refractivity contribution in [2.75, 3.05) is 19.4 Å². The van der Waals surface area contributed by atoms with Gasteiger partial charge in [-0.3, -0.25) is 9.36 Å². The van der Waals surface area contributed by atoms with Crippen LogP contribution < -0.4 is 4.74 Å². The molecule has 0 bridgehead atoms. The first kappa shape index (κ1) is 17.8. The van der Waals surface area contributed by atoms with Gasteiger partial charge in [0.2, 0.25) is 5.91 Å². The monoisotopic (exact) mass is 360 g/mol. The molecular formula is C18H24N4O2S. The van der Waals surface area contributed by atoms with E-state index >= 15 is 0 Å². The number of methoxy groups -OCH3 is 1. The molecule has 1 saturated heterocycles. The number of ether oxygens (including phenoxy) is 1. The maximum absolute atomic E-state index is 12.6. The SMILES string of the molecule is COc1ccccc1-n1c(C)nnc1SCC(=O)N1CCCC[C@@H]1C. The number of thioether (sulfide) groups is 1. The fraction of sp³-hybridized carbons (Fsp3) is 0.500. The number of carbonyl (C=O) groups is 1.